The van der Waals surface area contributed by atoms with Crippen molar-refractivity contribution in [3.05, 3.63) is 48.3 Å². The monoisotopic (exact) mass is 379 g/mol. The number of hydrogen-bond acceptors (Lipinski definition) is 5. The normalized spacial score (nSPS) is 18.6. The molecule has 2 amide bonds. The number of carbonyl (C=O) groups is 1. The van der Waals surface area contributed by atoms with Crippen LogP contribution in [0.5, 0.6) is 0 Å². The molecule has 0 atom stereocenters. The molecular formula is C20H21N5OS. The van der Waals surface area contributed by atoms with Crippen LogP contribution < -0.4 is 5.32 Å². The average molecular weight is 379 g/mol. The highest BCUT2D eigenvalue weighted by Crippen LogP contribution is 2.59. The van der Waals surface area contributed by atoms with Crippen LogP contribution >= 0.6 is 11.8 Å². The zero-order chi connectivity index (χ0) is 18.7. The second-order valence-electron chi connectivity index (χ2n) is 7.10. The minimum absolute atomic E-state index is 0.0752. The lowest BCUT2D eigenvalue weighted by Crippen LogP contribution is -2.43. The Kier molecular flexibility index (Phi) is 4.99. The number of urea groups is 1. The minimum Gasteiger partial charge on any atom is -0.325 e. The van der Waals surface area contributed by atoms with Crippen LogP contribution in [0.25, 0.3) is 0 Å². The van der Waals surface area contributed by atoms with E-state index >= 15 is 0 Å². The van der Waals surface area contributed by atoms with Gasteiger partial charge in [-0.25, -0.2) is 4.79 Å². The van der Waals surface area contributed by atoms with Gasteiger partial charge in [0.2, 0.25) is 0 Å². The van der Waals surface area contributed by atoms with Crippen molar-refractivity contribution in [2.24, 2.45) is 5.92 Å². The Morgan fingerprint density at radius 3 is 2.67 bits per heavy atom. The standard InChI is InChI=1S/C20H21N5OS/c21-13-15-3-1-2-4-18(15)27-20(8-9-20)16-6-11-25(12-7-16)19(26)24-17-5-10-22-23-14-17/h1-5,10,14,16H,6-9,11-12H2,(H,22,24,26). The Bertz CT molecular complexity index is 854. The quantitative estimate of drug-likeness (QED) is 0.871. The number of amides is 2. The number of nitrogens with one attached hydrogen (secondary N) is 1. The van der Waals surface area contributed by atoms with Gasteiger partial charge in [0.15, 0.2) is 0 Å². The summed E-state index contributed by atoms with van der Waals surface area (Å²) in [7, 11) is 0. The summed E-state index contributed by atoms with van der Waals surface area (Å²) in [6, 6.07) is 11.8. The second-order valence-corrected chi connectivity index (χ2v) is 8.55. The Hall–Kier alpha value is -2.59. The molecule has 1 aromatic carbocycles. The fraction of sp³-hybridized carbons (Fsp3) is 0.400. The molecule has 2 heterocycles. The number of hydrogen-bond donors (Lipinski definition) is 1. The van der Waals surface area contributed by atoms with Crippen LogP contribution in [-0.2, 0) is 0 Å². The number of anilines is 1. The molecule has 0 spiro atoms. The highest BCUT2D eigenvalue weighted by atomic mass is 32.2. The van der Waals surface area contributed by atoms with E-state index in [0.717, 1.165) is 36.4 Å². The Labute approximate surface area is 163 Å². The van der Waals surface area contributed by atoms with Gasteiger partial charge in [0, 0.05) is 22.7 Å². The van der Waals surface area contributed by atoms with Crippen LogP contribution in [-0.4, -0.2) is 39.0 Å². The fourth-order valence-corrected chi connectivity index (χ4v) is 5.28. The molecule has 1 aromatic heterocycles. The fourth-order valence-electron chi connectivity index (χ4n) is 3.76. The lowest BCUT2D eigenvalue weighted by Gasteiger charge is -2.36. The number of likely N-dealkylation sites (tertiary alicyclic amines) is 1. The van der Waals surface area contributed by atoms with E-state index in [2.05, 4.69) is 27.6 Å². The predicted molar refractivity (Wildman–Crippen MR) is 104 cm³/mol. The van der Waals surface area contributed by atoms with Crippen LogP contribution in [0.2, 0.25) is 0 Å². The minimum atomic E-state index is -0.0752. The first-order chi connectivity index (χ1) is 13.2. The SMILES string of the molecule is N#Cc1ccccc1SC1(C2CCN(C(=O)Nc3ccnnc3)CC2)CC1. The van der Waals surface area contributed by atoms with Crippen LogP contribution in [0.1, 0.15) is 31.2 Å². The average Bonchev–Trinajstić information content (AvgIpc) is 3.50. The lowest BCUT2D eigenvalue weighted by atomic mass is 9.91. The maximum Gasteiger partial charge on any atom is 0.321 e. The van der Waals surface area contributed by atoms with E-state index in [1.54, 1.807) is 18.5 Å². The molecule has 6 nitrogen and oxygen atoms in total. The number of nitriles is 1. The first kappa shape index (κ1) is 17.8. The first-order valence-corrected chi connectivity index (χ1v) is 10.0. The van der Waals surface area contributed by atoms with Gasteiger partial charge in [-0.15, -0.1) is 11.8 Å². The molecule has 1 aliphatic carbocycles. The summed E-state index contributed by atoms with van der Waals surface area (Å²) < 4.78 is 0.241. The number of piperidine rings is 1. The molecule has 1 saturated carbocycles. The second kappa shape index (κ2) is 7.57. The number of carbonyl (C=O) groups excluding carboxylic acids is 1. The maximum atomic E-state index is 12.4. The van der Waals surface area contributed by atoms with Gasteiger partial charge in [-0.3, -0.25) is 0 Å². The summed E-state index contributed by atoms with van der Waals surface area (Å²) in [6.45, 7) is 1.52. The number of nitrogens with zero attached hydrogens (tertiary/aromatic N) is 4. The molecule has 2 aliphatic rings. The summed E-state index contributed by atoms with van der Waals surface area (Å²) in [6.07, 6.45) is 7.50. The van der Waals surface area contributed by atoms with Crippen molar-refractivity contribution in [2.45, 2.75) is 35.3 Å². The van der Waals surface area contributed by atoms with Crippen molar-refractivity contribution in [1.29, 1.82) is 5.26 Å². The van der Waals surface area contributed by atoms with Crippen LogP contribution in [0.15, 0.2) is 47.6 Å². The summed E-state index contributed by atoms with van der Waals surface area (Å²) in [5, 5.41) is 19.7. The lowest BCUT2D eigenvalue weighted by molar-refractivity contribution is 0.180. The molecule has 0 unspecified atom stereocenters. The van der Waals surface area contributed by atoms with Crippen molar-refractivity contribution < 1.29 is 4.79 Å². The van der Waals surface area contributed by atoms with E-state index in [0.29, 0.717) is 11.6 Å². The van der Waals surface area contributed by atoms with Gasteiger partial charge in [0.05, 0.1) is 23.6 Å². The van der Waals surface area contributed by atoms with Crippen molar-refractivity contribution in [3.63, 3.8) is 0 Å². The van der Waals surface area contributed by atoms with Gasteiger partial charge in [-0.1, -0.05) is 12.1 Å². The highest BCUT2D eigenvalue weighted by Gasteiger charge is 2.51. The number of rotatable bonds is 4. The third-order valence-electron chi connectivity index (χ3n) is 5.43. The van der Waals surface area contributed by atoms with E-state index in [-0.39, 0.29) is 10.8 Å². The van der Waals surface area contributed by atoms with Crippen molar-refractivity contribution in [1.82, 2.24) is 15.1 Å². The Balaban J connectivity index is 1.35. The molecule has 1 saturated heterocycles. The van der Waals surface area contributed by atoms with Gasteiger partial charge in [0.25, 0.3) is 0 Å². The van der Waals surface area contributed by atoms with Crippen LogP contribution in [0.4, 0.5) is 10.5 Å². The molecule has 0 bridgehead atoms. The third-order valence-corrected chi connectivity index (χ3v) is 7.15. The predicted octanol–water partition coefficient (Wildman–Crippen LogP) is 3.92. The van der Waals surface area contributed by atoms with E-state index in [1.807, 2.05) is 34.9 Å². The van der Waals surface area contributed by atoms with Gasteiger partial charge < -0.3 is 10.2 Å². The van der Waals surface area contributed by atoms with E-state index < -0.39 is 0 Å². The Morgan fingerprint density at radius 1 is 1.22 bits per heavy atom. The smallest absolute Gasteiger partial charge is 0.321 e. The van der Waals surface area contributed by atoms with E-state index in [9.17, 15) is 10.1 Å². The Morgan fingerprint density at radius 2 is 2.00 bits per heavy atom. The van der Waals surface area contributed by atoms with Crippen LogP contribution in [0, 0.1) is 17.2 Å². The van der Waals surface area contributed by atoms with Crippen molar-refractivity contribution >= 4 is 23.5 Å². The number of aromatic nitrogens is 2. The molecular weight excluding hydrogens is 358 g/mol. The summed E-state index contributed by atoms with van der Waals surface area (Å²) >= 11 is 1.87. The first-order valence-electron chi connectivity index (χ1n) is 9.21. The van der Waals surface area contributed by atoms with Gasteiger partial charge >= 0.3 is 6.03 Å². The highest BCUT2D eigenvalue weighted by molar-refractivity contribution is 8.01. The van der Waals surface area contributed by atoms with Gasteiger partial charge in [-0.2, -0.15) is 15.5 Å². The van der Waals surface area contributed by atoms with Crippen molar-refractivity contribution in [3.8, 4) is 6.07 Å². The van der Waals surface area contributed by atoms with E-state index in [1.165, 1.54) is 12.8 Å². The zero-order valence-corrected chi connectivity index (χ0v) is 15.8. The van der Waals surface area contributed by atoms with Gasteiger partial charge in [-0.05, 0) is 49.8 Å². The van der Waals surface area contributed by atoms with Crippen LogP contribution in [0.3, 0.4) is 0 Å². The molecule has 1 aliphatic heterocycles. The summed E-state index contributed by atoms with van der Waals surface area (Å²) in [4.78, 5) is 15.4. The topological polar surface area (TPSA) is 81.9 Å². The molecule has 0 radical (unpaired) electrons. The number of thioether (sulfide) groups is 1. The molecule has 4 rings (SSSR count). The largest absolute Gasteiger partial charge is 0.325 e. The maximum absolute atomic E-state index is 12.4. The number of benzene rings is 1. The summed E-state index contributed by atoms with van der Waals surface area (Å²) in [5.41, 5.74) is 1.43. The third kappa shape index (κ3) is 3.91. The summed E-state index contributed by atoms with van der Waals surface area (Å²) in [5.74, 6) is 0.584. The molecule has 7 heteroatoms. The molecule has 2 aromatic rings. The van der Waals surface area contributed by atoms with Gasteiger partial charge in [0.1, 0.15) is 6.07 Å². The van der Waals surface area contributed by atoms with E-state index in [4.69, 9.17) is 0 Å². The molecule has 138 valence electrons. The molecule has 1 N–H and O–H groups in total. The van der Waals surface area contributed by atoms with Crippen molar-refractivity contribution in [2.75, 3.05) is 18.4 Å². The molecule has 27 heavy (non-hydrogen) atoms. The zero-order valence-electron chi connectivity index (χ0n) is 15.0. The molecule has 2 fully saturated rings.